The maximum atomic E-state index is 13.0. The minimum absolute atomic E-state index is 0.0932. The molecule has 1 fully saturated rings. The quantitative estimate of drug-likeness (QED) is 0.786. The van der Waals surface area contributed by atoms with Crippen LogP contribution in [0.15, 0.2) is 42.7 Å². The molecular formula is C19H21N5O3. The third-order valence-electron chi connectivity index (χ3n) is 4.86. The lowest BCUT2D eigenvalue weighted by Gasteiger charge is -2.39. The molecule has 8 heteroatoms. The molecule has 140 valence electrons. The standard InChI is InChI=1S/C19H21N5O3/c1-14(25)24-13-17(27-16-6-3-2-5-15(16)24)18(26)22-9-11-23(12-10-22)19-20-7-4-8-21-19/h2-8,17H,9-13H2,1H3/t17-/m1/s1. The highest BCUT2D eigenvalue weighted by Gasteiger charge is 2.36. The van der Waals surface area contributed by atoms with Crippen molar-refractivity contribution in [1.29, 1.82) is 0 Å². The number of hydrogen-bond donors (Lipinski definition) is 0. The van der Waals surface area contributed by atoms with Crippen molar-refractivity contribution in [3.05, 3.63) is 42.7 Å². The van der Waals surface area contributed by atoms with Crippen LogP contribution in [0.1, 0.15) is 6.92 Å². The molecule has 1 aromatic heterocycles. The van der Waals surface area contributed by atoms with Crippen molar-refractivity contribution >= 4 is 23.5 Å². The molecule has 0 aliphatic carbocycles. The Morgan fingerprint density at radius 2 is 1.74 bits per heavy atom. The monoisotopic (exact) mass is 367 g/mol. The SMILES string of the molecule is CC(=O)N1C[C@H](C(=O)N2CCN(c3ncccn3)CC2)Oc2ccccc21. The van der Waals surface area contributed by atoms with Crippen molar-refractivity contribution < 1.29 is 14.3 Å². The van der Waals surface area contributed by atoms with E-state index in [0.717, 1.165) is 0 Å². The Balaban J connectivity index is 1.44. The number of anilines is 2. The van der Waals surface area contributed by atoms with Crippen molar-refractivity contribution in [1.82, 2.24) is 14.9 Å². The van der Waals surface area contributed by atoms with E-state index in [-0.39, 0.29) is 18.4 Å². The summed E-state index contributed by atoms with van der Waals surface area (Å²) < 4.78 is 5.92. The number of piperazine rings is 1. The van der Waals surface area contributed by atoms with Crippen molar-refractivity contribution in [2.24, 2.45) is 0 Å². The zero-order chi connectivity index (χ0) is 18.8. The number of amides is 2. The van der Waals surface area contributed by atoms with Gasteiger partial charge in [-0.15, -0.1) is 0 Å². The largest absolute Gasteiger partial charge is 0.476 e. The van der Waals surface area contributed by atoms with Crippen molar-refractivity contribution in [2.75, 3.05) is 42.5 Å². The Labute approximate surface area is 157 Å². The number of carbonyl (C=O) groups excluding carboxylic acids is 2. The molecule has 0 N–H and O–H groups in total. The van der Waals surface area contributed by atoms with Gasteiger partial charge in [0, 0.05) is 45.5 Å². The second kappa shape index (κ2) is 7.22. The van der Waals surface area contributed by atoms with Gasteiger partial charge >= 0.3 is 0 Å². The molecule has 2 aliphatic heterocycles. The van der Waals surface area contributed by atoms with Crippen LogP contribution in [0.2, 0.25) is 0 Å². The second-order valence-electron chi connectivity index (χ2n) is 6.56. The molecule has 1 aromatic carbocycles. The average Bonchev–Trinajstić information content (AvgIpc) is 2.73. The summed E-state index contributed by atoms with van der Waals surface area (Å²) in [6.45, 7) is 4.19. The molecule has 1 saturated heterocycles. The Bertz CT molecular complexity index is 836. The van der Waals surface area contributed by atoms with Crippen LogP contribution >= 0.6 is 0 Å². The van der Waals surface area contributed by atoms with E-state index in [2.05, 4.69) is 14.9 Å². The molecule has 2 aromatic rings. The van der Waals surface area contributed by atoms with Crippen molar-refractivity contribution in [3.8, 4) is 5.75 Å². The molecule has 0 unspecified atom stereocenters. The van der Waals surface area contributed by atoms with Crippen molar-refractivity contribution in [3.63, 3.8) is 0 Å². The first-order valence-corrected chi connectivity index (χ1v) is 8.98. The van der Waals surface area contributed by atoms with E-state index in [1.54, 1.807) is 34.3 Å². The maximum Gasteiger partial charge on any atom is 0.265 e. The number of benzene rings is 1. The topological polar surface area (TPSA) is 78.9 Å². The van der Waals surface area contributed by atoms with E-state index in [9.17, 15) is 9.59 Å². The highest BCUT2D eigenvalue weighted by molar-refractivity contribution is 5.95. The lowest BCUT2D eigenvalue weighted by Crippen LogP contribution is -2.56. The van der Waals surface area contributed by atoms with Gasteiger partial charge < -0.3 is 19.4 Å². The highest BCUT2D eigenvalue weighted by Crippen LogP contribution is 2.33. The van der Waals surface area contributed by atoms with Crippen LogP contribution in [0.3, 0.4) is 0 Å². The molecule has 0 spiro atoms. The zero-order valence-electron chi connectivity index (χ0n) is 15.1. The third-order valence-corrected chi connectivity index (χ3v) is 4.86. The van der Waals surface area contributed by atoms with Crippen molar-refractivity contribution in [2.45, 2.75) is 13.0 Å². The molecule has 8 nitrogen and oxygen atoms in total. The number of ether oxygens (including phenoxy) is 1. The summed E-state index contributed by atoms with van der Waals surface area (Å²) in [5.41, 5.74) is 0.708. The number of rotatable bonds is 2. The number of para-hydroxylation sites is 2. The Hall–Kier alpha value is -3.16. The smallest absolute Gasteiger partial charge is 0.265 e. The normalized spacial score (nSPS) is 19.3. The number of aromatic nitrogens is 2. The number of carbonyl (C=O) groups is 2. The van der Waals surface area contributed by atoms with Crippen LogP contribution in [0.25, 0.3) is 0 Å². The molecule has 1 atom stereocenters. The molecule has 0 bridgehead atoms. The van der Waals surface area contributed by atoms with Crippen LogP contribution in [-0.2, 0) is 9.59 Å². The lowest BCUT2D eigenvalue weighted by molar-refractivity contribution is -0.139. The second-order valence-corrected chi connectivity index (χ2v) is 6.56. The fourth-order valence-electron chi connectivity index (χ4n) is 3.45. The molecule has 0 radical (unpaired) electrons. The van der Waals surface area contributed by atoms with E-state index in [1.165, 1.54) is 6.92 Å². The lowest BCUT2D eigenvalue weighted by atomic mass is 10.1. The van der Waals surface area contributed by atoms with E-state index in [1.807, 2.05) is 18.2 Å². The minimum Gasteiger partial charge on any atom is -0.476 e. The first-order valence-electron chi connectivity index (χ1n) is 8.98. The fraction of sp³-hybridized carbons (Fsp3) is 0.368. The fourth-order valence-corrected chi connectivity index (χ4v) is 3.45. The maximum absolute atomic E-state index is 13.0. The number of nitrogens with zero attached hydrogens (tertiary/aromatic N) is 5. The van der Waals surface area contributed by atoms with Gasteiger partial charge in [-0.05, 0) is 18.2 Å². The summed E-state index contributed by atoms with van der Waals surface area (Å²) in [4.78, 5) is 39.0. The van der Waals surface area contributed by atoms with Gasteiger partial charge in [-0.25, -0.2) is 9.97 Å². The summed E-state index contributed by atoms with van der Waals surface area (Å²) in [6, 6.07) is 9.08. The van der Waals surface area contributed by atoms with Gasteiger partial charge in [0.25, 0.3) is 5.91 Å². The molecule has 4 rings (SSSR count). The third kappa shape index (κ3) is 3.42. The predicted molar refractivity (Wildman–Crippen MR) is 99.7 cm³/mol. The van der Waals surface area contributed by atoms with Crippen LogP contribution < -0.4 is 14.5 Å². The molecular weight excluding hydrogens is 346 g/mol. The predicted octanol–water partition coefficient (Wildman–Crippen LogP) is 0.939. The number of fused-ring (bicyclic) bond motifs is 1. The Morgan fingerprint density at radius 1 is 1.04 bits per heavy atom. The van der Waals surface area contributed by atoms with Gasteiger partial charge in [0.1, 0.15) is 5.75 Å². The van der Waals surface area contributed by atoms with Gasteiger partial charge in [0.05, 0.1) is 12.2 Å². The minimum atomic E-state index is -0.691. The van der Waals surface area contributed by atoms with E-state index >= 15 is 0 Å². The van der Waals surface area contributed by atoms with E-state index in [4.69, 9.17) is 4.74 Å². The van der Waals surface area contributed by atoms with E-state index in [0.29, 0.717) is 43.6 Å². The summed E-state index contributed by atoms with van der Waals surface area (Å²) in [5, 5.41) is 0. The van der Waals surface area contributed by atoms with Gasteiger partial charge in [0.15, 0.2) is 6.10 Å². The Morgan fingerprint density at radius 3 is 2.44 bits per heavy atom. The van der Waals surface area contributed by atoms with E-state index < -0.39 is 6.10 Å². The summed E-state index contributed by atoms with van der Waals surface area (Å²) in [6.07, 6.45) is 2.73. The first kappa shape index (κ1) is 17.3. The van der Waals surface area contributed by atoms with Crippen LogP contribution in [-0.4, -0.2) is 65.5 Å². The molecule has 3 heterocycles. The summed E-state index contributed by atoms with van der Waals surface area (Å²) in [7, 11) is 0. The summed E-state index contributed by atoms with van der Waals surface area (Å²) in [5.74, 6) is 1.04. The summed E-state index contributed by atoms with van der Waals surface area (Å²) >= 11 is 0. The number of hydrogen-bond acceptors (Lipinski definition) is 6. The van der Waals surface area contributed by atoms with Crippen LogP contribution in [0.5, 0.6) is 5.75 Å². The van der Waals surface area contributed by atoms with Crippen LogP contribution in [0, 0.1) is 0 Å². The first-order chi connectivity index (χ1) is 13.1. The van der Waals surface area contributed by atoms with Gasteiger partial charge in [0.2, 0.25) is 11.9 Å². The van der Waals surface area contributed by atoms with Gasteiger partial charge in [-0.1, -0.05) is 12.1 Å². The van der Waals surface area contributed by atoms with Gasteiger partial charge in [-0.2, -0.15) is 0 Å². The Kier molecular flexibility index (Phi) is 4.62. The highest BCUT2D eigenvalue weighted by atomic mass is 16.5. The zero-order valence-corrected chi connectivity index (χ0v) is 15.1. The average molecular weight is 367 g/mol. The molecule has 2 amide bonds. The van der Waals surface area contributed by atoms with Gasteiger partial charge in [-0.3, -0.25) is 9.59 Å². The molecule has 2 aliphatic rings. The molecule has 27 heavy (non-hydrogen) atoms. The molecule has 0 saturated carbocycles. The van der Waals surface area contributed by atoms with Crippen LogP contribution in [0.4, 0.5) is 11.6 Å².